The molecule has 2 heterocycles. The molecule has 0 saturated carbocycles. The second-order valence-corrected chi connectivity index (χ2v) is 2.44. The Kier molecular flexibility index (Phi) is 1.14. The zero-order valence-electron chi connectivity index (χ0n) is 5.16. The lowest BCUT2D eigenvalue weighted by Crippen LogP contribution is -1.82. The van der Waals surface area contributed by atoms with E-state index in [-0.39, 0.29) is 0 Å². The molecule has 3 heteroatoms. The molecule has 0 radical (unpaired) electrons. The van der Waals surface area contributed by atoms with Gasteiger partial charge in [-0.05, 0) is 12.1 Å². The molecule has 2 aromatic heterocycles. The summed E-state index contributed by atoms with van der Waals surface area (Å²) in [6.07, 6.45) is 5.45. The average molecular weight is 153 g/mol. The lowest BCUT2D eigenvalue weighted by molar-refractivity contribution is 1.14. The second kappa shape index (κ2) is 1.99. The summed E-state index contributed by atoms with van der Waals surface area (Å²) in [4.78, 5) is 3.92. The van der Waals surface area contributed by atoms with Crippen molar-refractivity contribution in [3.63, 3.8) is 0 Å². The van der Waals surface area contributed by atoms with Crippen molar-refractivity contribution in [2.75, 3.05) is 0 Å². The molecule has 0 unspecified atom stereocenters. The van der Waals surface area contributed by atoms with Crippen LogP contribution in [0.5, 0.6) is 0 Å². The normalized spacial score (nSPS) is 10.5. The minimum atomic E-state index is 0.517. The van der Waals surface area contributed by atoms with Gasteiger partial charge in [-0.1, -0.05) is 11.6 Å². The maximum absolute atomic E-state index is 5.64. The molecule has 0 aromatic carbocycles. The van der Waals surface area contributed by atoms with Crippen molar-refractivity contribution >= 4 is 17.1 Å². The van der Waals surface area contributed by atoms with Gasteiger partial charge in [-0.15, -0.1) is 0 Å². The first kappa shape index (κ1) is 5.74. The minimum absolute atomic E-state index is 0.517. The van der Waals surface area contributed by atoms with Crippen molar-refractivity contribution < 1.29 is 0 Å². The highest BCUT2D eigenvalue weighted by atomic mass is 35.5. The van der Waals surface area contributed by atoms with Gasteiger partial charge in [-0.3, -0.25) is 0 Å². The molecule has 0 saturated heterocycles. The number of nitrogens with zero attached hydrogens (tertiary/aromatic N) is 2. The number of aromatic nitrogens is 2. The molecular formula is C7H5ClN2. The lowest BCUT2D eigenvalue weighted by Gasteiger charge is -1.92. The summed E-state index contributed by atoms with van der Waals surface area (Å²) in [5.74, 6) is 0. The Labute approximate surface area is 63.1 Å². The number of rotatable bonds is 0. The fraction of sp³-hybridized carbons (Fsp3) is 0. The maximum Gasteiger partial charge on any atom is 0.145 e. The third-order valence-electron chi connectivity index (χ3n) is 1.38. The van der Waals surface area contributed by atoms with Crippen LogP contribution in [-0.4, -0.2) is 9.38 Å². The van der Waals surface area contributed by atoms with E-state index < -0.39 is 0 Å². The summed E-state index contributed by atoms with van der Waals surface area (Å²) >= 11 is 5.64. The topological polar surface area (TPSA) is 17.3 Å². The third kappa shape index (κ3) is 0.772. The summed E-state index contributed by atoms with van der Waals surface area (Å²) < 4.78 is 1.93. The lowest BCUT2D eigenvalue weighted by atomic mass is 10.5. The van der Waals surface area contributed by atoms with Gasteiger partial charge in [-0.25, -0.2) is 4.98 Å². The molecule has 0 N–H and O–H groups in total. The molecule has 0 bridgehead atoms. The fourth-order valence-corrected chi connectivity index (χ4v) is 1.06. The van der Waals surface area contributed by atoms with Crippen LogP contribution < -0.4 is 0 Å². The first-order chi connectivity index (χ1) is 4.86. The van der Waals surface area contributed by atoms with Gasteiger partial charge >= 0.3 is 0 Å². The predicted octanol–water partition coefficient (Wildman–Crippen LogP) is 1.99. The molecule has 0 aliphatic carbocycles. The maximum atomic E-state index is 5.64. The summed E-state index contributed by atoms with van der Waals surface area (Å²) in [7, 11) is 0. The van der Waals surface area contributed by atoms with Crippen molar-refractivity contribution in [3.8, 4) is 0 Å². The average Bonchev–Trinajstić information content (AvgIpc) is 2.33. The molecule has 50 valence electrons. The van der Waals surface area contributed by atoms with Crippen LogP contribution in [0.25, 0.3) is 5.52 Å². The first-order valence-corrected chi connectivity index (χ1v) is 3.32. The molecule has 0 atom stereocenters. The zero-order chi connectivity index (χ0) is 6.97. The molecule has 2 aromatic rings. The third-order valence-corrected chi connectivity index (χ3v) is 1.57. The first-order valence-electron chi connectivity index (χ1n) is 2.94. The van der Waals surface area contributed by atoms with Crippen molar-refractivity contribution in [2.45, 2.75) is 0 Å². The van der Waals surface area contributed by atoms with Gasteiger partial charge in [0.25, 0.3) is 0 Å². The van der Waals surface area contributed by atoms with Gasteiger partial charge in [0.15, 0.2) is 0 Å². The summed E-state index contributed by atoms with van der Waals surface area (Å²) in [5.41, 5.74) is 1.06. The molecule has 0 fully saturated rings. The van der Waals surface area contributed by atoms with E-state index in [1.54, 1.807) is 12.4 Å². The van der Waals surface area contributed by atoms with E-state index in [4.69, 9.17) is 11.6 Å². The number of hydrogen-bond donors (Lipinski definition) is 0. The Bertz CT molecular complexity index is 353. The van der Waals surface area contributed by atoms with E-state index in [9.17, 15) is 0 Å². The number of hydrogen-bond acceptors (Lipinski definition) is 1. The van der Waals surface area contributed by atoms with Crippen LogP contribution in [0.15, 0.2) is 30.7 Å². The van der Waals surface area contributed by atoms with Crippen LogP contribution in [-0.2, 0) is 0 Å². The highest BCUT2D eigenvalue weighted by Crippen LogP contribution is 2.07. The highest BCUT2D eigenvalue weighted by Gasteiger charge is 1.91. The van der Waals surface area contributed by atoms with E-state index in [0.29, 0.717) is 5.15 Å². The molecule has 0 spiro atoms. The van der Waals surface area contributed by atoms with Crippen molar-refractivity contribution in [1.82, 2.24) is 9.38 Å². The van der Waals surface area contributed by atoms with Crippen LogP contribution in [0.2, 0.25) is 5.15 Å². The van der Waals surface area contributed by atoms with E-state index in [2.05, 4.69) is 4.98 Å². The Morgan fingerprint density at radius 3 is 3.30 bits per heavy atom. The fourth-order valence-electron chi connectivity index (χ4n) is 0.910. The van der Waals surface area contributed by atoms with Crippen LogP contribution in [0, 0.1) is 0 Å². The molecule has 0 aliphatic rings. The molecule has 2 nitrogen and oxygen atoms in total. The van der Waals surface area contributed by atoms with Crippen molar-refractivity contribution in [3.05, 3.63) is 35.9 Å². The monoisotopic (exact) mass is 152 g/mol. The van der Waals surface area contributed by atoms with Gasteiger partial charge < -0.3 is 4.40 Å². The quantitative estimate of drug-likeness (QED) is 0.564. The molecule has 2 rings (SSSR count). The molecule has 0 amide bonds. The minimum Gasteiger partial charge on any atom is -0.319 e. The van der Waals surface area contributed by atoms with Gasteiger partial charge in [0.2, 0.25) is 0 Å². The van der Waals surface area contributed by atoms with E-state index in [1.807, 2.05) is 22.7 Å². The number of halogens is 1. The molecule has 10 heavy (non-hydrogen) atoms. The SMILES string of the molecule is Clc1cn2cccc2cn1. The Morgan fingerprint density at radius 2 is 2.40 bits per heavy atom. The van der Waals surface area contributed by atoms with Crippen LogP contribution in [0.1, 0.15) is 0 Å². The van der Waals surface area contributed by atoms with E-state index >= 15 is 0 Å². The number of fused-ring (bicyclic) bond motifs is 1. The van der Waals surface area contributed by atoms with Gasteiger partial charge in [0.05, 0.1) is 11.7 Å². The van der Waals surface area contributed by atoms with Crippen molar-refractivity contribution in [2.24, 2.45) is 0 Å². The Hall–Kier alpha value is -1.02. The van der Waals surface area contributed by atoms with E-state index in [1.165, 1.54) is 0 Å². The Morgan fingerprint density at radius 1 is 1.50 bits per heavy atom. The van der Waals surface area contributed by atoms with Gasteiger partial charge in [0, 0.05) is 12.4 Å². The Balaban J connectivity index is 2.86. The van der Waals surface area contributed by atoms with Crippen LogP contribution in [0.3, 0.4) is 0 Å². The highest BCUT2D eigenvalue weighted by molar-refractivity contribution is 6.29. The molecular weight excluding hydrogens is 148 g/mol. The molecule has 0 aliphatic heterocycles. The zero-order valence-corrected chi connectivity index (χ0v) is 5.92. The summed E-state index contributed by atoms with van der Waals surface area (Å²) in [6.45, 7) is 0. The van der Waals surface area contributed by atoms with Crippen LogP contribution >= 0.6 is 11.6 Å². The summed E-state index contributed by atoms with van der Waals surface area (Å²) in [6, 6.07) is 3.93. The second-order valence-electron chi connectivity index (χ2n) is 2.05. The summed E-state index contributed by atoms with van der Waals surface area (Å²) in [5, 5.41) is 0.517. The van der Waals surface area contributed by atoms with Crippen molar-refractivity contribution in [1.29, 1.82) is 0 Å². The largest absolute Gasteiger partial charge is 0.319 e. The smallest absolute Gasteiger partial charge is 0.145 e. The predicted molar refractivity (Wildman–Crippen MR) is 40.2 cm³/mol. The standard InChI is InChI=1S/C7H5ClN2/c8-7-5-10-3-1-2-6(10)4-9-7/h1-5H. The van der Waals surface area contributed by atoms with Crippen LogP contribution in [0.4, 0.5) is 0 Å². The van der Waals surface area contributed by atoms with Gasteiger partial charge in [0.1, 0.15) is 5.15 Å². The van der Waals surface area contributed by atoms with E-state index in [0.717, 1.165) is 5.52 Å². The van der Waals surface area contributed by atoms with Gasteiger partial charge in [-0.2, -0.15) is 0 Å².